The van der Waals surface area contributed by atoms with Gasteiger partial charge in [0.05, 0.1) is 6.04 Å². The zero-order valence-electron chi connectivity index (χ0n) is 14.2. The molecule has 1 saturated heterocycles. The summed E-state index contributed by atoms with van der Waals surface area (Å²) >= 11 is 0. The van der Waals surface area contributed by atoms with Crippen molar-refractivity contribution in [2.75, 3.05) is 13.1 Å². The molecule has 1 aliphatic rings. The van der Waals surface area contributed by atoms with Crippen molar-refractivity contribution in [1.29, 1.82) is 0 Å². The van der Waals surface area contributed by atoms with Crippen LogP contribution in [0.25, 0.3) is 0 Å². The molecule has 1 aromatic carbocycles. The van der Waals surface area contributed by atoms with E-state index in [9.17, 15) is 4.79 Å². The number of benzene rings is 1. The highest BCUT2D eigenvalue weighted by Crippen LogP contribution is 2.15. The number of carbonyl (C=O) groups is 1. The predicted molar refractivity (Wildman–Crippen MR) is 95.7 cm³/mol. The number of carbonyl (C=O) groups excluding carboxylic acids is 1. The van der Waals surface area contributed by atoms with Crippen LogP contribution >= 0.6 is 0 Å². The van der Waals surface area contributed by atoms with Crippen molar-refractivity contribution < 1.29 is 4.79 Å². The molecule has 1 atom stereocenters. The average molecular weight is 323 g/mol. The molecule has 0 aliphatic carbocycles. The van der Waals surface area contributed by atoms with Gasteiger partial charge in [-0.3, -0.25) is 14.7 Å². The molecule has 1 aromatic heterocycles. The maximum atomic E-state index is 12.4. The maximum absolute atomic E-state index is 12.4. The van der Waals surface area contributed by atoms with Gasteiger partial charge in [0.1, 0.15) is 0 Å². The molecule has 1 fully saturated rings. The molecule has 1 N–H and O–H groups in total. The van der Waals surface area contributed by atoms with Crippen LogP contribution in [-0.2, 0) is 6.54 Å². The van der Waals surface area contributed by atoms with Crippen LogP contribution in [0.1, 0.15) is 53.7 Å². The molecule has 1 aliphatic heterocycles. The van der Waals surface area contributed by atoms with E-state index in [2.05, 4.69) is 27.3 Å². The summed E-state index contributed by atoms with van der Waals surface area (Å²) in [5.74, 6) is -0.0381. The second-order valence-corrected chi connectivity index (χ2v) is 6.51. The Balaban J connectivity index is 1.57. The first-order chi connectivity index (χ1) is 11.7. The second kappa shape index (κ2) is 8.06. The quantitative estimate of drug-likeness (QED) is 0.915. The fourth-order valence-corrected chi connectivity index (χ4v) is 3.15. The Labute approximate surface area is 143 Å². The van der Waals surface area contributed by atoms with E-state index in [1.807, 2.05) is 31.2 Å². The van der Waals surface area contributed by atoms with Gasteiger partial charge in [-0.2, -0.15) is 0 Å². The van der Waals surface area contributed by atoms with Crippen LogP contribution < -0.4 is 5.32 Å². The second-order valence-electron chi connectivity index (χ2n) is 6.51. The van der Waals surface area contributed by atoms with Crippen LogP contribution in [0.4, 0.5) is 0 Å². The maximum Gasteiger partial charge on any atom is 0.251 e. The minimum Gasteiger partial charge on any atom is -0.346 e. The Hall–Kier alpha value is -2.20. The fourth-order valence-electron chi connectivity index (χ4n) is 3.15. The Morgan fingerprint density at radius 3 is 2.42 bits per heavy atom. The Kier molecular flexibility index (Phi) is 5.59. The highest BCUT2D eigenvalue weighted by Gasteiger charge is 2.13. The molecule has 0 radical (unpaired) electrons. The van der Waals surface area contributed by atoms with Gasteiger partial charge < -0.3 is 5.32 Å². The van der Waals surface area contributed by atoms with E-state index in [4.69, 9.17) is 0 Å². The van der Waals surface area contributed by atoms with E-state index in [0.717, 1.165) is 12.1 Å². The molecule has 126 valence electrons. The third-order valence-corrected chi connectivity index (χ3v) is 4.62. The minimum atomic E-state index is -0.0381. The molecule has 24 heavy (non-hydrogen) atoms. The van der Waals surface area contributed by atoms with E-state index in [1.165, 1.54) is 37.9 Å². The molecule has 4 nitrogen and oxygen atoms in total. The number of rotatable bonds is 5. The highest BCUT2D eigenvalue weighted by atomic mass is 16.1. The third-order valence-electron chi connectivity index (χ3n) is 4.62. The van der Waals surface area contributed by atoms with Crippen molar-refractivity contribution in [2.45, 2.75) is 38.8 Å². The number of piperidine rings is 1. The zero-order chi connectivity index (χ0) is 16.8. The lowest BCUT2D eigenvalue weighted by atomic mass is 10.1. The molecule has 3 rings (SSSR count). The first-order valence-corrected chi connectivity index (χ1v) is 8.74. The van der Waals surface area contributed by atoms with Gasteiger partial charge in [-0.25, -0.2) is 0 Å². The van der Waals surface area contributed by atoms with Gasteiger partial charge in [0.15, 0.2) is 0 Å². The van der Waals surface area contributed by atoms with Crippen molar-refractivity contribution in [2.24, 2.45) is 0 Å². The van der Waals surface area contributed by atoms with Crippen LogP contribution in [0, 0.1) is 0 Å². The smallest absolute Gasteiger partial charge is 0.251 e. The molecular weight excluding hydrogens is 298 g/mol. The lowest BCUT2D eigenvalue weighted by Crippen LogP contribution is -2.29. The first-order valence-electron chi connectivity index (χ1n) is 8.74. The van der Waals surface area contributed by atoms with E-state index < -0.39 is 0 Å². The lowest BCUT2D eigenvalue weighted by molar-refractivity contribution is 0.0940. The monoisotopic (exact) mass is 323 g/mol. The van der Waals surface area contributed by atoms with Crippen molar-refractivity contribution >= 4 is 5.91 Å². The summed E-state index contributed by atoms with van der Waals surface area (Å²) in [6.45, 7) is 5.34. The Morgan fingerprint density at radius 1 is 1.08 bits per heavy atom. The normalized spacial score (nSPS) is 16.5. The van der Waals surface area contributed by atoms with Crippen molar-refractivity contribution in [3.63, 3.8) is 0 Å². The molecule has 2 aromatic rings. The van der Waals surface area contributed by atoms with Crippen molar-refractivity contribution in [3.8, 4) is 0 Å². The van der Waals surface area contributed by atoms with Gasteiger partial charge in [0, 0.05) is 24.5 Å². The largest absolute Gasteiger partial charge is 0.346 e. The Morgan fingerprint density at radius 2 is 1.75 bits per heavy atom. The summed E-state index contributed by atoms with van der Waals surface area (Å²) in [4.78, 5) is 18.9. The minimum absolute atomic E-state index is 0.0338. The summed E-state index contributed by atoms with van der Waals surface area (Å²) in [6, 6.07) is 11.8. The standard InChI is InChI=1S/C20H25N3O/c1-16(18-9-11-21-12-10-18)22-20(24)19-7-5-17(6-8-19)15-23-13-3-2-4-14-23/h5-12,16H,2-4,13-15H2,1H3,(H,22,24). The molecular formula is C20H25N3O. The van der Waals surface area contributed by atoms with Crippen LogP contribution in [-0.4, -0.2) is 28.9 Å². The van der Waals surface area contributed by atoms with E-state index in [0.29, 0.717) is 5.56 Å². The number of amides is 1. The van der Waals surface area contributed by atoms with Gasteiger partial charge >= 0.3 is 0 Å². The van der Waals surface area contributed by atoms with Crippen LogP contribution in [0.3, 0.4) is 0 Å². The van der Waals surface area contributed by atoms with E-state index in [1.54, 1.807) is 12.4 Å². The van der Waals surface area contributed by atoms with Gasteiger partial charge in [0.2, 0.25) is 0 Å². The molecule has 1 unspecified atom stereocenters. The molecule has 0 saturated carbocycles. The topological polar surface area (TPSA) is 45.2 Å². The van der Waals surface area contributed by atoms with E-state index >= 15 is 0 Å². The average Bonchev–Trinajstić information content (AvgIpc) is 2.64. The number of nitrogens with zero attached hydrogens (tertiary/aromatic N) is 2. The van der Waals surface area contributed by atoms with Crippen molar-refractivity contribution in [3.05, 3.63) is 65.5 Å². The SMILES string of the molecule is CC(NC(=O)c1ccc(CN2CCCCC2)cc1)c1ccncc1. The van der Waals surface area contributed by atoms with Crippen LogP contribution in [0.15, 0.2) is 48.8 Å². The summed E-state index contributed by atoms with van der Waals surface area (Å²) in [5.41, 5.74) is 3.04. The highest BCUT2D eigenvalue weighted by molar-refractivity contribution is 5.94. The fraction of sp³-hybridized carbons (Fsp3) is 0.400. The van der Waals surface area contributed by atoms with Crippen LogP contribution in [0.5, 0.6) is 0 Å². The number of pyridine rings is 1. The molecule has 0 bridgehead atoms. The van der Waals surface area contributed by atoms with E-state index in [-0.39, 0.29) is 11.9 Å². The number of hydrogen-bond donors (Lipinski definition) is 1. The summed E-state index contributed by atoms with van der Waals surface area (Å²) in [7, 11) is 0. The lowest BCUT2D eigenvalue weighted by Gasteiger charge is -2.26. The summed E-state index contributed by atoms with van der Waals surface area (Å²) in [5, 5.41) is 3.04. The summed E-state index contributed by atoms with van der Waals surface area (Å²) < 4.78 is 0. The number of hydrogen-bond acceptors (Lipinski definition) is 3. The molecule has 1 amide bonds. The first kappa shape index (κ1) is 16.7. The zero-order valence-corrected chi connectivity index (χ0v) is 14.2. The number of aromatic nitrogens is 1. The predicted octanol–water partition coefficient (Wildman–Crippen LogP) is 3.56. The Bertz CT molecular complexity index is 648. The van der Waals surface area contributed by atoms with Crippen LogP contribution in [0.2, 0.25) is 0 Å². The molecule has 2 heterocycles. The molecule has 4 heteroatoms. The van der Waals surface area contributed by atoms with Crippen molar-refractivity contribution in [1.82, 2.24) is 15.2 Å². The number of nitrogens with one attached hydrogen (secondary N) is 1. The van der Waals surface area contributed by atoms with Gasteiger partial charge in [-0.1, -0.05) is 18.6 Å². The third kappa shape index (κ3) is 4.42. The van der Waals surface area contributed by atoms with Gasteiger partial charge in [-0.05, 0) is 68.2 Å². The van der Waals surface area contributed by atoms with Gasteiger partial charge in [-0.15, -0.1) is 0 Å². The molecule has 0 spiro atoms. The number of likely N-dealkylation sites (tertiary alicyclic amines) is 1. The van der Waals surface area contributed by atoms with Gasteiger partial charge in [0.25, 0.3) is 5.91 Å². The summed E-state index contributed by atoms with van der Waals surface area (Å²) in [6.07, 6.45) is 7.44.